The Morgan fingerprint density at radius 2 is 2.23 bits per heavy atom. The van der Waals surface area contributed by atoms with Crippen LogP contribution in [-0.2, 0) is 0 Å². The lowest BCUT2D eigenvalue weighted by molar-refractivity contribution is 0.251. The molecule has 0 saturated heterocycles. The summed E-state index contributed by atoms with van der Waals surface area (Å²) in [5, 5.41) is 25.3. The zero-order chi connectivity index (χ0) is 9.84. The average Bonchev–Trinajstić information content (AvgIpc) is 2.17. The largest absolute Gasteiger partial charge is 0.504 e. The summed E-state index contributed by atoms with van der Waals surface area (Å²) in [6, 6.07) is 4.44. The number of ether oxygens (including phenoxy) is 1. The van der Waals surface area contributed by atoms with Crippen LogP contribution in [0.1, 0.15) is 11.7 Å². The van der Waals surface area contributed by atoms with Crippen molar-refractivity contribution in [2.45, 2.75) is 6.10 Å². The maximum absolute atomic E-state index is 9.26. The van der Waals surface area contributed by atoms with Crippen LogP contribution in [0.4, 0.5) is 0 Å². The van der Waals surface area contributed by atoms with E-state index in [1.54, 1.807) is 0 Å². The maximum atomic E-state index is 9.26. The molecule has 0 saturated carbocycles. The Morgan fingerprint density at radius 1 is 1.54 bits per heavy atom. The Labute approximate surface area is 75.9 Å². The lowest BCUT2D eigenvalue weighted by atomic mass is 10.1. The summed E-state index contributed by atoms with van der Waals surface area (Å²) in [7, 11) is 1.43. The van der Waals surface area contributed by atoms with Crippen molar-refractivity contribution >= 4 is 6.21 Å². The molecule has 0 spiro atoms. The number of rotatable bonds is 3. The summed E-state index contributed by atoms with van der Waals surface area (Å²) in [6.07, 6.45) is -0.0410. The van der Waals surface area contributed by atoms with Gasteiger partial charge in [-0.15, -0.1) is 0 Å². The van der Waals surface area contributed by atoms with Crippen molar-refractivity contribution in [3.63, 3.8) is 0 Å². The Balaban J connectivity index is 3.05. The highest BCUT2D eigenvalue weighted by molar-refractivity contribution is 5.63. The van der Waals surface area contributed by atoms with Gasteiger partial charge in [-0.3, -0.25) is 0 Å². The normalized spacial score (nSPS) is 12.2. The summed E-state index contributed by atoms with van der Waals surface area (Å²) in [5.74, 6) is 0.307. The number of aromatic hydroxyl groups is 1. The Hall–Kier alpha value is -1.55. The van der Waals surface area contributed by atoms with Gasteiger partial charge in [-0.2, -0.15) is 0 Å². The molecule has 0 aliphatic carbocycles. The molecule has 0 radical (unpaired) electrons. The van der Waals surface area contributed by atoms with E-state index in [9.17, 15) is 10.2 Å². The van der Waals surface area contributed by atoms with Crippen molar-refractivity contribution in [3.8, 4) is 11.5 Å². The zero-order valence-corrected chi connectivity index (χ0v) is 7.19. The minimum Gasteiger partial charge on any atom is -0.504 e. The van der Waals surface area contributed by atoms with Crippen LogP contribution in [0, 0.1) is 5.41 Å². The Morgan fingerprint density at radius 3 is 2.77 bits per heavy atom. The van der Waals surface area contributed by atoms with Gasteiger partial charge >= 0.3 is 0 Å². The summed E-state index contributed by atoms with van der Waals surface area (Å²) in [6.45, 7) is 0. The van der Waals surface area contributed by atoms with Crippen LogP contribution in [0.15, 0.2) is 18.2 Å². The molecule has 0 heterocycles. The number of benzene rings is 1. The second-order valence-corrected chi connectivity index (χ2v) is 2.54. The average molecular weight is 181 g/mol. The zero-order valence-electron chi connectivity index (χ0n) is 7.19. The molecule has 4 heteroatoms. The molecule has 0 aromatic heterocycles. The fourth-order valence-corrected chi connectivity index (χ4v) is 0.974. The summed E-state index contributed by atoms with van der Waals surface area (Å²) < 4.78 is 4.84. The van der Waals surface area contributed by atoms with E-state index in [1.165, 1.54) is 25.3 Å². The quantitative estimate of drug-likeness (QED) is 0.611. The van der Waals surface area contributed by atoms with E-state index in [2.05, 4.69) is 0 Å². The van der Waals surface area contributed by atoms with Crippen molar-refractivity contribution in [1.82, 2.24) is 0 Å². The van der Waals surface area contributed by atoms with Crippen LogP contribution in [0.5, 0.6) is 11.5 Å². The van der Waals surface area contributed by atoms with Crippen molar-refractivity contribution in [2.24, 2.45) is 0 Å². The first-order valence-electron chi connectivity index (χ1n) is 3.74. The van der Waals surface area contributed by atoms with E-state index in [4.69, 9.17) is 10.1 Å². The van der Waals surface area contributed by atoms with Gasteiger partial charge in [0, 0.05) is 6.21 Å². The molecule has 70 valence electrons. The molecule has 1 aromatic rings. The number of aliphatic hydroxyl groups is 1. The van der Waals surface area contributed by atoms with Crippen molar-refractivity contribution in [3.05, 3.63) is 23.8 Å². The fourth-order valence-electron chi connectivity index (χ4n) is 0.974. The monoisotopic (exact) mass is 181 g/mol. The molecule has 0 amide bonds. The molecule has 0 aliphatic rings. The first kappa shape index (κ1) is 9.54. The van der Waals surface area contributed by atoms with Gasteiger partial charge in [0.1, 0.15) is 6.10 Å². The summed E-state index contributed by atoms with van der Waals surface area (Å²) in [5.41, 5.74) is 0.518. The second kappa shape index (κ2) is 3.91. The molecular weight excluding hydrogens is 170 g/mol. The second-order valence-electron chi connectivity index (χ2n) is 2.54. The Bertz CT molecular complexity index is 312. The van der Waals surface area contributed by atoms with Crippen molar-refractivity contribution < 1.29 is 14.9 Å². The number of hydrogen-bond donors (Lipinski definition) is 3. The Kier molecular flexibility index (Phi) is 2.87. The standard InChI is InChI=1S/C9H11NO3/c1-13-9-4-6(8(12)5-10)2-3-7(9)11/h2-5,8,10-12H,1H3. The predicted octanol–water partition coefficient (Wildman–Crippen LogP) is 1.08. The van der Waals surface area contributed by atoms with Crippen LogP contribution in [0.25, 0.3) is 0 Å². The molecule has 3 N–H and O–H groups in total. The van der Waals surface area contributed by atoms with Gasteiger partial charge in [-0.1, -0.05) is 6.07 Å². The lowest BCUT2D eigenvalue weighted by Gasteiger charge is -2.08. The van der Waals surface area contributed by atoms with E-state index in [1.807, 2.05) is 0 Å². The number of nitrogens with one attached hydrogen (secondary N) is 1. The van der Waals surface area contributed by atoms with Crippen molar-refractivity contribution in [2.75, 3.05) is 7.11 Å². The van der Waals surface area contributed by atoms with Gasteiger partial charge in [0.05, 0.1) is 7.11 Å². The third-order valence-corrected chi connectivity index (χ3v) is 1.70. The van der Waals surface area contributed by atoms with Gasteiger partial charge in [-0.25, -0.2) is 0 Å². The molecule has 13 heavy (non-hydrogen) atoms. The number of hydrogen-bond acceptors (Lipinski definition) is 4. The van der Waals surface area contributed by atoms with E-state index >= 15 is 0 Å². The molecule has 0 bridgehead atoms. The van der Waals surface area contributed by atoms with Crippen molar-refractivity contribution in [1.29, 1.82) is 5.41 Å². The van der Waals surface area contributed by atoms with E-state index in [0.717, 1.165) is 6.21 Å². The smallest absolute Gasteiger partial charge is 0.160 e. The van der Waals surface area contributed by atoms with E-state index in [0.29, 0.717) is 11.3 Å². The molecule has 1 unspecified atom stereocenters. The van der Waals surface area contributed by atoms with Gasteiger partial charge in [-0.05, 0) is 17.7 Å². The minimum atomic E-state index is -0.950. The minimum absolute atomic E-state index is 0.0171. The third kappa shape index (κ3) is 1.97. The number of methoxy groups -OCH3 is 1. The van der Waals surface area contributed by atoms with Crippen LogP contribution in [0.3, 0.4) is 0 Å². The van der Waals surface area contributed by atoms with Gasteiger partial charge in [0.15, 0.2) is 11.5 Å². The summed E-state index contributed by atoms with van der Waals surface area (Å²) in [4.78, 5) is 0. The summed E-state index contributed by atoms with van der Waals surface area (Å²) >= 11 is 0. The number of aliphatic hydroxyl groups excluding tert-OH is 1. The predicted molar refractivity (Wildman–Crippen MR) is 48.4 cm³/mol. The first-order valence-corrected chi connectivity index (χ1v) is 3.74. The van der Waals surface area contributed by atoms with Crippen LogP contribution in [-0.4, -0.2) is 23.5 Å². The SMILES string of the molecule is COc1cc(C(O)C=N)ccc1O. The van der Waals surface area contributed by atoms with E-state index < -0.39 is 6.10 Å². The molecule has 1 aromatic carbocycles. The first-order chi connectivity index (χ1) is 6.19. The fraction of sp³-hybridized carbons (Fsp3) is 0.222. The molecule has 0 fully saturated rings. The molecule has 4 nitrogen and oxygen atoms in total. The number of phenolic OH excluding ortho intramolecular Hbond substituents is 1. The maximum Gasteiger partial charge on any atom is 0.160 e. The third-order valence-electron chi connectivity index (χ3n) is 1.70. The van der Waals surface area contributed by atoms with Gasteiger partial charge in [0.25, 0.3) is 0 Å². The number of phenols is 1. The van der Waals surface area contributed by atoms with E-state index in [-0.39, 0.29) is 5.75 Å². The lowest BCUT2D eigenvalue weighted by Crippen LogP contribution is -1.97. The topological polar surface area (TPSA) is 73.5 Å². The van der Waals surface area contributed by atoms with Crippen LogP contribution in [0.2, 0.25) is 0 Å². The molecule has 1 atom stereocenters. The highest BCUT2D eigenvalue weighted by Crippen LogP contribution is 2.28. The molecule has 0 aliphatic heterocycles. The molecular formula is C9H11NO3. The highest BCUT2D eigenvalue weighted by atomic mass is 16.5. The van der Waals surface area contributed by atoms with Gasteiger partial charge in [0.2, 0.25) is 0 Å². The van der Waals surface area contributed by atoms with Gasteiger partial charge < -0.3 is 20.4 Å². The highest BCUT2D eigenvalue weighted by Gasteiger charge is 2.07. The molecule has 1 rings (SSSR count). The van der Waals surface area contributed by atoms with Crippen LogP contribution < -0.4 is 4.74 Å². The van der Waals surface area contributed by atoms with Crippen LogP contribution >= 0.6 is 0 Å².